The summed E-state index contributed by atoms with van der Waals surface area (Å²) in [6.45, 7) is 2.16. The maximum Gasteiger partial charge on any atom is 0.303 e. The van der Waals surface area contributed by atoms with E-state index in [0.29, 0.717) is 12.8 Å². The van der Waals surface area contributed by atoms with Gasteiger partial charge in [0.2, 0.25) is 0 Å². The highest BCUT2D eigenvalue weighted by atomic mass is 16.4. The molecule has 1 aliphatic rings. The van der Waals surface area contributed by atoms with Crippen molar-refractivity contribution in [2.24, 2.45) is 11.8 Å². The fraction of sp³-hybridized carbons (Fsp3) is 0.700. The Hall–Kier alpha value is -1.42. The van der Waals surface area contributed by atoms with Gasteiger partial charge < -0.3 is 10.2 Å². The highest BCUT2D eigenvalue weighted by Crippen LogP contribution is 2.28. The van der Waals surface area contributed by atoms with Crippen LogP contribution in [0.15, 0.2) is 24.3 Å². The van der Waals surface area contributed by atoms with E-state index in [1.165, 1.54) is 0 Å². The Bertz CT molecular complexity index is 439. The highest BCUT2D eigenvalue weighted by molar-refractivity contribution is 5.94. The topological polar surface area (TPSA) is 74.6 Å². The van der Waals surface area contributed by atoms with Crippen LogP contribution in [0.3, 0.4) is 0 Å². The molecule has 0 aromatic carbocycles. The van der Waals surface area contributed by atoms with Crippen LogP contribution in [0.1, 0.15) is 71.1 Å². The number of hydrogen-bond donors (Lipinski definition) is 2. The highest BCUT2D eigenvalue weighted by Gasteiger charge is 2.27. The summed E-state index contributed by atoms with van der Waals surface area (Å²) in [5.74, 6) is -0.352. The third kappa shape index (κ3) is 8.44. The van der Waals surface area contributed by atoms with Crippen molar-refractivity contribution in [2.45, 2.75) is 77.2 Å². The van der Waals surface area contributed by atoms with Gasteiger partial charge in [-0.3, -0.25) is 9.59 Å². The second kappa shape index (κ2) is 12.0. The lowest BCUT2D eigenvalue weighted by atomic mass is 9.89. The lowest BCUT2D eigenvalue weighted by Crippen LogP contribution is -2.15. The van der Waals surface area contributed by atoms with Crippen molar-refractivity contribution >= 4 is 11.8 Å². The van der Waals surface area contributed by atoms with Crippen molar-refractivity contribution in [2.75, 3.05) is 0 Å². The van der Waals surface area contributed by atoms with Gasteiger partial charge in [-0.05, 0) is 25.3 Å². The Balaban J connectivity index is 2.24. The average Bonchev–Trinajstić information content (AvgIpc) is 2.89. The van der Waals surface area contributed by atoms with Gasteiger partial charge in [-0.2, -0.15) is 0 Å². The van der Waals surface area contributed by atoms with Gasteiger partial charge >= 0.3 is 5.97 Å². The maximum absolute atomic E-state index is 11.9. The molecule has 0 bridgehead atoms. The van der Waals surface area contributed by atoms with E-state index in [4.69, 9.17) is 5.11 Å². The molecule has 0 radical (unpaired) electrons. The molecule has 4 nitrogen and oxygen atoms in total. The van der Waals surface area contributed by atoms with Crippen LogP contribution in [-0.2, 0) is 9.59 Å². The third-order valence-electron chi connectivity index (χ3n) is 4.63. The van der Waals surface area contributed by atoms with Gasteiger partial charge in [-0.1, -0.05) is 63.7 Å². The number of rotatable bonds is 13. The minimum absolute atomic E-state index is 0.0519. The average molecular weight is 336 g/mol. The molecule has 0 saturated carbocycles. The molecule has 24 heavy (non-hydrogen) atoms. The number of ketones is 1. The SMILES string of the molecule is CCCCC[C@H]1C(=O)C=C[C@H]1/C=C/[C@@H](O)CCCCCCC(=O)O. The number of carboxylic acid groups (broad SMARTS) is 1. The molecule has 4 heteroatoms. The lowest BCUT2D eigenvalue weighted by Gasteiger charge is -2.15. The molecule has 1 rings (SSSR count). The fourth-order valence-corrected chi connectivity index (χ4v) is 3.14. The predicted octanol–water partition coefficient (Wildman–Crippen LogP) is 4.28. The number of carbonyl (C=O) groups is 2. The summed E-state index contributed by atoms with van der Waals surface area (Å²) in [4.78, 5) is 22.3. The van der Waals surface area contributed by atoms with E-state index >= 15 is 0 Å². The smallest absolute Gasteiger partial charge is 0.303 e. The first-order valence-electron chi connectivity index (χ1n) is 9.34. The van der Waals surface area contributed by atoms with E-state index < -0.39 is 12.1 Å². The molecule has 0 fully saturated rings. The van der Waals surface area contributed by atoms with Crippen molar-refractivity contribution < 1.29 is 19.8 Å². The fourth-order valence-electron chi connectivity index (χ4n) is 3.14. The molecular formula is C20H32O4. The summed E-state index contributed by atoms with van der Waals surface area (Å²) in [6, 6.07) is 0. The van der Waals surface area contributed by atoms with Crippen LogP contribution in [0, 0.1) is 11.8 Å². The molecule has 0 heterocycles. The molecule has 3 atom stereocenters. The number of carboxylic acids is 1. The first-order valence-corrected chi connectivity index (χ1v) is 9.34. The largest absolute Gasteiger partial charge is 0.481 e. The van der Waals surface area contributed by atoms with Gasteiger partial charge in [0.1, 0.15) is 0 Å². The molecule has 0 aromatic rings. The minimum atomic E-state index is -0.745. The quantitative estimate of drug-likeness (QED) is 0.389. The van der Waals surface area contributed by atoms with Gasteiger partial charge in [0, 0.05) is 18.3 Å². The van der Waals surface area contributed by atoms with Crippen molar-refractivity contribution in [3.63, 3.8) is 0 Å². The van der Waals surface area contributed by atoms with E-state index in [0.717, 1.165) is 44.9 Å². The van der Waals surface area contributed by atoms with Crippen LogP contribution in [0.2, 0.25) is 0 Å². The molecule has 0 saturated heterocycles. The molecule has 136 valence electrons. The summed E-state index contributed by atoms with van der Waals surface area (Å²) < 4.78 is 0. The summed E-state index contributed by atoms with van der Waals surface area (Å²) >= 11 is 0. The zero-order valence-electron chi connectivity index (χ0n) is 14.8. The molecule has 0 spiro atoms. The van der Waals surface area contributed by atoms with Crippen molar-refractivity contribution in [1.82, 2.24) is 0 Å². The number of aliphatic carboxylic acids is 1. The van der Waals surface area contributed by atoms with E-state index in [-0.39, 0.29) is 24.0 Å². The minimum Gasteiger partial charge on any atom is -0.481 e. The number of aliphatic hydroxyl groups excluding tert-OH is 1. The second-order valence-electron chi connectivity index (χ2n) is 6.74. The zero-order valence-corrected chi connectivity index (χ0v) is 14.8. The summed E-state index contributed by atoms with van der Waals surface area (Å²) in [6.07, 6.45) is 15.6. The third-order valence-corrected chi connectivity index (χ3v) is 4.63. The Morgan fingerprint density at radius 2 is 1.96 bits per heavy atom. The number of carbonyl (C=O) groups excluding carboxylic acids is 1. The summed E-state index contributed by atoms with van der Waals surface area (Å²) in [7, 11) is 0. The van der Waals surface area contributed by atoms with E-state index in [2.05, 4.69) is 6.92 Å². The molecule has 2 N–H and O–H groups in total. The van der Waals surface area contributed by atoms with E-state index in [1.807, 2.05) is 18.2 Å². The van der Waals surface area contributed by atoms with E-state index in [1.54, 1.807) is 6.08 Å². The molecule has 1 aliphatic carbocycles. The Morgan fingerprint density at radius 1 is 1.21 bits per heavy atom. The molecule has 0 unspecified atom stereocenters. The first-order chi connectivity index (χ1) is 11.5. The van der Waals surface area contributed by atoms with Crippen molar-refractivity contribution in [1.29, 1.82) is 0 Å². The lowest BCUT2D eigenvalue weighted by molar-refractivity contribution is -0.137. The summed E-state index contributed by atoms with van der Waals surface area (Å²) in [5, 5.41) is 18.6. The monoisotopic (exact) mass is 336 g/mol. The van der Waals surface area contributed by atoms with Crippen LogP contribution in [0.5, 0.6) is 0 Å². The standard InChI is InChI=1S/C20H32O4/c1-2-3-6-10-18-16(13-15-19(18)22)12-14-17(21)9-7-4-5-8-11-20(23)24/h12-18,21H,2-11H2,1H3,(H,23,24)/b14-12+/t16-,17+,18-/m1/s1. The van der Waals surface area contributed by atoms with Crippen LogP contribution in [-0.4, -0.2) is 28.1 Å². The molecule has 0 aromatic heterocycles. The van der Waals surface area contributed by atoms with Gasteiger partial charge in [0.25, 0.3) is 0 Å². The van der Waals surface area contributed by atoms with Crippen molar-refractivity contribution in [3.8, 4) is 0 Å². The van der Waals surface area contributed by atoms with Crippen molar-refractivity contribution in [3.05, 3.63) is 24.3 Å². The number of aliphatic hydroxyl groups is 1. The van der Waals surface area contributed by atoms with Crippen LogP contribution >= 0.6 is 0 Å². The first kappa shape index (κ1) is 20.6. The second-order valence-corrected chi connectivity index (χ2v) is 6.74. The van der Waals surface area contributed by atoms with Crippen LogP contribution < -0.4 is 0 Å². The Morgan fingerprint density at radius 3 is 2.67 bits per heavy atom. The number of allylic oxidation sites excluding steroid dienone is 3. The predicted molar refractivity (Wildman–Crippen MR) is 95.8 cm³/mol. The Kier molecular flexibility index (Phi) is 10.3. The zero-order chi connectivity index (χ0) is 17.8. The number of unbranched alkanes of at least 4 members (excludes halogenated alkanes) is 5. The molecular weight excluding hydrogens is 304 g/mol. The van der Waals surface area contributed by atoms with Gasteiger partial charge in [0.05, 0.1) is 6.10 Å². The number of hydrogen-bond acceptors (Lipinski definition) is 3. The van der Waals surface area contributed by atoms with Crippen LogP contribution in [0.25, 0.3) is 0 Å². The van der Waals surface area contributed by atoms with Crippen LogP contribution in [0.4, 0.5) is 0 Å². The van der Waals surface area contributed by atoms with E-state index in [9.17, 15) is 14.7 Å². The molecule has 0 aliphatic heterocycles. The Labute approximate surface area is 145 Å². The van der Waals surface area contributed by atoms with Gasteiger partial charge in [-0.25, -0.2) is 0 Å². The molecule has 0 amide bonds. The van der Waals surface area contributed by atoms with Gasteiger partial charge in [-0.15, -0.1) is 0 Å². The normalized spacial score (nSPS) is 21.7. The maximum atomic E-state index is 11.9. The summed E-state index contributed by atoms with van der Waals surface area (Å²) in [5.41, 5.74) is 0. The van der Waals surface area contributed by atoms with Gasteiger partial charge in [0.15, 0.2) is 5.78 Å².